The van der Waals surface area contributed by atoms with Gasteiger partial charge in [-0.15, -0.1) is 0 Å². The highest BCUT2D eigenvalue weighted by molar-refractivity contribution is 6.30. The van der Waals surface area contributed by atoms with E-state index in [9.17, 15) is 4.39 Å². The fourth-order valence-corrected chi connectivity index (χ4v) is 2.04. The predicted octanol–water partition coefficient (Wildman–Crippen LogP) is 4.12. The van der Waals surface area contributed by atoms with E-state index >= 15 is 0 Å². The van der Waals surface area contributed by atoms with Crippen LogP contribution in [0.15, 0.2) is 18.2 Å². The molecule has 0 aliphatic heterocycles. The Balaban J connectivity index is 1.94. The Bertz CT molecular complexity index is 753. The summed E-state index contributed by atoms with van der Waals surface area (Å²) in [6, 6.07) is 5.81. The standard InChI is InChI=1S/C15H11ClFN3O/c1-8-13(16)19-14(9-2-3-9)20-15(8)21-11-5-4-10(7-18)12(17)6-11/h4-6,9H,2-3H2,1H3. The average molecular weight is 304 g/mol. The Morgan fingerprint density at radius 2 is 2.14 bits per heavy atom. The van der Waals surface area contributed by atoms with E-state index in [2.05, 4.69) is 9.97 Å². The van der Waals surface area contributed by atoms with Crippen molar-refractivity contribution < 1.29 is 9.13 Å². The van der Waals surface area contributed by atoms with Gasteiger partial charge in [-0.2, -0.15) is 10.2 Å². The van der Waals surface area contributed by atoms with Crippen LogP contribution in [0.5, 0.6) is 11.6 Å². The average Bonchev–Trinajstić information content (AvgIpc) is 3.28. The van der Waals surface area contributed by atoms with Crippen molar-refractivity contribution in [1.29, 1.82) is 5.26 Å². The first kappa shape index (κ1) is 13.8. The zero-order valence-electron chi connectivity index (χ0n) is 11.2. The second-order valence-corrected chi connectivity index (χ2v) is 5.29. The normalized spacial score (nSPS) is 13.8. The van der Waals surface area contributed by atoms with Gasteiger partial charge in [-0.25, -0.2) is 9.37 Å². The van der Waals surface area contributed by atoms with E-state index in [-0.39, 0.29) is 11.3 Å². The van der Waals surface area contributed by atoms with E-state index in [1.54, 1.807) is 13.0 Å². The van der Waals surface area contributed by atoms with Crippen LogP contribution >= 0.6 is 11.6 Å². The van der Waals surface area contributed by atoms with E-state index in [0.29, 0.717) is 28.3 Å². The summed E-state index contributed by atoms with van der Waals surface area (Å²) in [5.74, 6) is 0.959. The molecule has 1 saturated carbocycles. The SMILES string of the molecule is Cc1c(Cl)nc(C2CC2)nc1Oc1ccc(C#N)c(F)c1. The fraction of sp³-hybridized carbons (Fsp3) is 0.267. The van der Waals surface area contributed by atoms with Crippen LogP contribution < -0.4 is 4.74 Å². The van der Waals surface area contributed by atoms with Gasteiger partial charge >= 0.3 is 0 Å². The summed E-state index contributed by atoms with van der Waals surface area (Å²) < 4.78 is 19.2. The zero-order chi connectivity index (χ0) is 15.0. The van der Waals surface area contributed by atoms with Crippen molar-refractivity contribution in [2.45, 2.75) is 25.7 Å². The molecule has 2 aromatic rings. The molecule has 0 N–H and O–H groups in total. The van der Waals surface area contributed by atoms with Gasteiger partial charge in [0.25, 0.3) is 0 Å². The molecule has 0 saturated heterocycles. The third-order valence-corrected chi connectivity index (χ3v) is 3.65. The van der Waals surface area contributed by atoms with Gasteiger partial charge in [-0.1, -0.05) is 11.6 Å². The van der Waals surface area contributed by atoms with Gasteiger partial charge in [0, 0.05) is 17.5 Å². The van der Waals surface area contributed by atoms with E-state index in [4.69, 9.17) is 21.6 Å². The third-order valence-electron chi connectivity index (χ3n) is 3.28. The first-order chi connectivity index (χ1) is 10.1. The number of rotatable bonds is 3. The summed E-state index contributed by atoms with van der Waals surface area (Å²) in [6.45, 7) is 1.74. The smallest absolute Gasteiger partial charge is 0.226 e. The van der Waals surface area contributed by atoms with Crippen LogP contribution in [-0.2, 0) is 0 Å². The molecule has 0 unspecified atom stereocenters. The van der Waals surface area contributed by atoms with Gasteiger partial charge in [-0.3, -0.25) is 0 Å². The van der Waals surface area contributed by atoms with E-state index in [1.807, 2.05) is 0 Å². The fourth-order valence-electron chi connectivity index (χ4n) is 1.87. The Hall–Kier alpha value is -2.19. The lowest BCUT2D eigenvalue weighted by Gasteiger charge is -2.10. The van der Waals surface area contributed by atoms with Crippen LogP contribution in [0.2, 0.25) is 5.15 Å². The number of nitriles is 1. The lowest BCUT2D eigenvalue weighted by Crippen LogP contribution is -2.00. The highest BCUT2D eigenvalue weighted by Crippen LogP contribution is 2.40. The lowest BCUT2D eigenvalue weighted by atomic mass is 10.2. The largest absolute Gasteiger partial charge is 0.438 e. The minimum Gasteiger partial charge on any atom is -0.438 e. The number of hydrogen-bond donors (Lipinski definition) is 0. The summed E-state index contributed by atoms with van der Waals surface area (Å²) in [5.41, 5.74) is 0.573. The zero-order valence-corrected chi connectivity index (χ0v) is 12.0. The van der Waals surface area contributed by atoms with Crippen molar-refractivity contribution in [3.05, 3.63) is 46.1 Å². The van der Waals surface area contributed by atoms with Crippen LogP contribution in [0.1, 0.15) is 35.7 Å². The van der Waals surface area contributed by atoms with Crippen molar-refractivity contribution >= 4 is 11.6 Å². The topological polar surface area (TPSA) is 58.8 Å². The predicted molar refractivity (Wildman–Crippen MR) is 74.9 cm³/mol. The maximum atomic E-state index is 13.6. The number of aromatic nitrogens is 2. The van der Waals surface area contributed by atoms with Gasteiger partial charge in [0.05, 0.1) is 5.56 Å². The minimum absolute atomic E-state index is 0.0292. The highest BCUT2D eigenvalue weighted by Gasteiger charge is 2.28. The molecule has 21 heavy (non-hydrogen) atoms. The first-order valence-electron chi connectivity index (χ1n) is 6.50. The number of ether oxygens (including phenoxy) is 1. The summed E-state index contributed by atoms with van der Waals surface area (Å²) in [5, 5.41) is 9.06. The first-order valence-corrected chi connectivity index (χ1v) is 6.88. The highest BCUT2D eigenvalue weighted by atomic mass is 35.5. The van der Waals surface area contributed by atoms with Gasteiger partial charge in [0.1, 0.15) is 28.6 Å². The summed E-state index contributed by atoms with van der Waals surface area (Å²) in [4.78, 5) is 8.60. The molecular weight excluding hydrogens is 293 g/mol. The minimum atomic E-state index is -0.629. The number of benzene rings is 1. The summed E-state index contributed by atoms with van der Waals surface area (Å²) in [7, 11) is 0. The quantitative estimate of drug-likeness (QED) is 0.800. The van der Waals surface area contributed by atoms with Gasteiger partial charge in [0.2, 0.25) is 5.88 Å². The molecule has 6 heteroatoms. The number of hydrogen-bond acceptors (Lipinski definition) is 4. The van der Waals surface area contributed by atoms with Crippen molar-refractivity contribution in [3.8, 4) is 17.7 Å². The summed E-state index contributed by atoms with van der Waals surface area (Å²) in [6.07, 6.45) is 2.09. The molecule has 1 fully saturated rings. The molecule has 3 rings (SSSR count). The van der Waals surface area contributed by atoms with Crippen molar-refractivity contribution in [2.75, 3.05) is 0 Å². The van der Waals surface area contributed by atoms with Crippen LogP contribution in [0.3, 0.4) is 0 Å². The Morgan fingerprint density at radius 1 is 1.38 bits per heavy atom. The molecule has 1 aromatic heterocycles. The van der Waals surface area contributed by atoms with Crippen LogP contribution in [0.25, 0.3) is 0 Å². The maximum Gasteiger partial charge on any atom is 0.226 e. The second-order valence-electron chi connectivity index (χ2n) is 4.93. The van der Waals surface area contributed by atoms with Crippen molar-refractivity contribution in [1.82, 2.24) is 9.97 Å². The molecule has 1 aromatic carbocycles. The van der Waals surface area contributed by atoms with Gasteiger partial charge in [-0.05, 0) is 31.9 Å². The van der Waals surface area contributed by atoms with Crippen LogP contribution in [-0.4, -0.2) is 9.97 Å². The Labute approximate surface area is 126 Å². The second kappa shape index (κ2) is 5.30. The van der Waals surface area contributed by atoms with E-state index in [0.717, 1.165) is 18.9 Å². The van der Waals surface area contributed by atoms with E-state index in [1.165, 1.54) is 12.1 Å². The van der Waals surface area contributed by atoms with Crippen LogP contribution in [0, 0.1) is 24.1 Å². The molecule has 0 spiro atoms. The molecule has 0 atom stereocenters. The molecule has 4 nitrogen and oxygen atoms in total. The number of halogens is 2. The third kappa shape index (κ3) is 2.81. The molecule has 0 amide bonds. The molecule has 0 bridgehead atoms. The molecule has 0 radical (unpaired) electrons. The van der Waals surface area contributed by atoms with Crippen molar-refractivity contribution in [3.63, 3.8) is 0 Å². The number of nitrogens with zero attached hydrogens (tertiary/aromatic N) is 3. The molecule has 106 valence electrons. The monoisotopic (exact) mass is 303 g/mol. The molecule has 1 aliphatic carbocycles. The molecular formula is C15H11ClFN3O. The Kier molecular flexibility index (Phi) is 3.48. The molecule has 1 heterocycles. The Morgan fingerprint density at radius 3 is 2.76 bits per heavy atom. The van der Waals surface area contributed by atoms with Gasteiger partial charge in [0.15, 0.2) is 0 Å². The van der Waals surface area contributed by atoms with Crippen LogP contribution in [0.4, 0.5) is 4.39 Å². The molecule has 1 aliphatic rings. The lowest BCUT2D eigenvalue weighted by molar-refractivity contribution is 0.449. The van der Waals surface area contributed by atoms with Crippen molar-refractivity contribution in [2.24, 2.45) is 0 Å². The van der Waals surface area contributed by atoms with Gasteiger partial charge < -0.3 is 4.74 Å². The van der Waals surface area contributed by atoms with E-state index < -0.39 is 5.82 Å². The maximum absolute atomic E-state index is 13.6. The summed E-state index contributed by atoms with van der Waals surface area (Å²) >= 11 is 6.09.